The lowest BCUT2D eigenvalue weighted by Gasteiger charge is -2.49. The van der Waals surface area contributed by atoms with Gasteiger partial charge in [-0.3, -0.25) is 4.79 Å². The molecule has 0 aromatic heterocycles. The molecule has 0 radical (unpaired) electrons. The fourth-order valence-corrected chi connectivity index (χ4v) is 3.71. The number of hydrogen-bond acceptors (Lipinski definition) is 6. The van der Waals surface area contributed by atoms with Crippen molar-refractivity contribution in [2.24, 2.45) is 0 Å². The van der Waals surface area contributed by atoms with Crippen LogP contribution in [0.15, 0.2) is 42.5 Å². The van der Waals surface area contributed by atoms with Gasteiger partial charge in [0.2, 0.25) is 12.2 Å². The van der Waals surface area contributed by atoms with E-state index in [0.717, 1.165) is 10.8 Å². The van der Waals surface area contributed by atoms with Gasteiger partial charge in [-0.2, -0.15) is 0 Å². The van der Waals surface area contributed by atoms with E-state index in [-0.39, 0.29) is 12.5 Å². The molecule has 2 fully saturated rings. The molecule has 0 spiro atoms. The van der Waals surface area contributed by atoms with Crippen molar-refractivity contribution < 1.29 is 28.8 Å². The topological polar surface area (TPSA) is 86.3 Å². The summed E-state index contributed by atoms with van der Waals surface area (Å²) in [6.45, 7) is 5.21. The SMILES string of the molecule is CC(=O)N[C@@H]1[C@H](Oc2ccc3ccccc3c2)O[C@@H]2COC(C)(C)O[C@H]2[C@@H]1O. The zero-order chi connectivity index (χ0) is 19.9. The van der Waals surface area contributed by atoms with Gasteiger partial charge in [0.15, 0.2) is 5.79 Å². The van der Waals surface area contributed by atoms with Crippen molar-refractivity contribution in [3.05, 3.63) is 42.5 Å². The second-order valence-electron chi connectivity index (χ2n) is 7.68. The third kappa shape index (κ3) is 3.84. The van der Waals surface area contributed by atoms with Crippen LogP contribution < -0.4 is 10.1 Å². The number of hydrogen-bond donors (Lipinski definition) is 2. The highest BCUT2D eigenvalue weighted by Gasteiger charge is 2.52. The molecule has 2 aliphatic heterocycles. The van der Waals surface area contributed by atoms with Crippen LogP contribution in [0, 0.1) is 0 Å². The summed E-state index contributed by atoms with van der Waals surface area (Å²) >= 11 is 0. The molecule has 0 bridgehead atoms. The van der Waals surface area contributed by atoms with Crippen molar-refractivity contribution in [1.29, 1.82) is 0 Å². The van der Waals surface area contributed by atoms with Crippen LogP contribution in [0.25, 0.3) is 10.8 Å². The number of fused-ring (bicyclic) bond motifs is 2. The van der Waals surface area contributed by atoms with Crippen molar-refractivity contribution in [2.75, 3.05) is 6.61 Å². The smallest absolute Gasteiger partial charge is 0.223 e. The molecule has 2 aromatic rings. The Morgan fingerprint density at radius 2 is 1.96 bits per heavy atom. The lowest BCUT2D eigenvalue weighted by Crippen LogP contribution is -2.69. The van der Waals surface area contributed by atoms with Crippen LogP contribution in [-0.4, -0.2) is 54.1 Å². The number of nitrogens with one attached hydrogen (secondary N) is 1. The first-order chi connectivity index (χ1) is 13.3. The van der Waals surface area contributed by atoms with Crippen LogP contribution in [-0.2, 0) is 19.0 Å². The first-order valence-corrected chi connectivity index (χ1v) is 9.40. The van der Waals surface area contributed by atoms with Gasteiger partial charge in [0.05, 0.1) is 6.61 Å². The van der Waals surface area contributed by atoms with Crippen molar-refractivity contribution >= 4 is 16.7 Å². The lowest BCUT2D eigenvalue weighted by atomic mass is 9.95. The molecule has 0 saturated carbocycles. The van der Waals surface area contributed by atoms with Crippen molar-refractivity contribution in [1.82, 2.24) is 5.32 Å². The Hall–Kier alpha value is -2.19. The van der Waals surface area contributed by atoms with Gasteiger partial charge in [0.1, 0.15) is 30.1 Å². The van der Waals surface area contributed by atoms with Crippen LogP contribution in [0.3, 0.4) is 0 Å². The summed E-state index contributed by atoms with van der Waals surface area (Å²) in [4.78, 5) is 11.7. The summed E-state index contributed by atoms with van der Waals surface area (Å²) in [6, 6.07) is 12.9. The quantitative estimate of drug-likeness (QED) is 0.837. The number of benzene rings is 2. The number of rotatable bonds is 3. The standard InChI is InChI=1S/C21H25NO6/c1-12(23)22-17-18(24)19-16(11-25-21(2,3)28-19)27-20(17)26-15-9-8-13-6-4-5-7-14(13)10-15/h4-10,16-20,24H,11H2,1-3H3,(H,22,23)/t16-,17+,18-,19-,20-/m1/s1. The van der Waals surface area contributed by atoms with Crippen LogP contribution in [0.5, 0.6) is 5.75 Å². The predicted octanol–water partition coefficient (Wildman–Crippen LogP) is 1.96. The van der Waals surface area contributed by atoms with Gasteiger partial charge in [-0.25, -0.2) is 0 Å². The Labute approximate surface area is 163 Å². The molecule has 2 aromatic carbocycles. The maximum atomic E-state index is 11.7. The third-order valence-corrected chi connectivity index (χ3v) is 5.03. The highest BCUT2D eigenvalue weighted by molar-refractivity contribution is 5.83. The molecule has 1 amide bonds. The fourth-order valence-electron chi connectivity index (χ4n) is 3.71. The Bertz CT molecular complexity index is 869. The van der Waals surface area contributed by atoms with Crippen molar-refractivity contribution in [2.45, 2.75) is 57.2 Å². The number of aliphatic hydroxyl groups excluding tert-OH is 1. The van der Waals surface area contributed by atoms with E-state index in [1.807, 2.05) is 42.5 Å². The molecular formula is C21H25NO6. The van der Waals surface area contributed by atoms with E-state index in [1.165, 1.54) is 6.92 Å². The monoisotopic (exact) mass is 387 g/mol. The minimum absolute atomic E-state index is 0.263. The number of carbonyl (C=O) groups excluding carboxylic acids is 1. The van der Waals surface area contributed by atoms with E-state index >= 15 is 0 Å². The van der Waals surface area contributed by atoms with E-state index in [2.05, 4.69) is 5.32 Å². The third-order valence-electron chi connectivity index (χ3n) is 5.03. The van der Waals surface area contributed by atoms with E-state index in [0.29, 0.717) is 5.75 Å². The summed E-state index contributed by atoms with van der Waals surface area (Å²) in [5, 5.41) is 15.8. The summed E-state index contributed by atoms with van der Waals surface area (Å²) in [6.07, 6.45) is -3.01. The van der Waals surface area contributed by atoms with Gasteiger partial charge in [-0.1, -0.05) is 30.3 Å². The van der Waals surface area contributed by atoms with Crippen molar-refractivity contribution in [3.63, 3.8) is 0 Å². The van der Waals surface area contributed by atoms with E-state index in [4.69, 9.17) is 18.9 Å². The Kier molecular flexibility index (Phi) is 5.01. The first kappa shape index (κ1) is 19.1. The number of amides is 1. The van der Waals surface area contributed by atoms with Crippen LogP contribution in [0.2, 0.25) is 0 Å². The van der Waals surface area contributed by atoms with E-state index in [1.54, 1.807) is 13.8 Å². The Morgan fingerprint density at radius 1 is 1.21 bits per heavy atom. The van der Waals surface area contributed by atoms with Crippen LogP contribution in [0.4, 0.5) is 0 Å². The summed E-state index contributed by atoms with van der Waals surface area (Å²) in [5.41, 5.74) is 0. The first-order valence-electron chi connectivity index (χ1n) is 9.40. The molecule has 0 aliphatic carbocycles. The predicted molar refractivity (Wildman–Crippen MR) is 102 cm³/mol. The average Bonchev–Trinajstić information content (AvgIpc) is 2.65. The Morgan fingerprint density at radius 3 is 2.71 bits per heavy atom. The molecule has 28 heavy (non-hydrogen) atoms. The number of aliphatic hydroxyl groups is 1. The molecule has 2 heterocycles. The maximum Gasteiger partial charge on any atom is 0.223 e. The molecular weight excluding hydrogens is 362 g/mol. The molecule has 2 N–H and O–H groups in total. The maximum absolute atomic E-state index is 11.7. The molecule has 5 atom stereocenters. The van der Waals surface area contributed by atoms with Gasteiger partial charge >= 0.3 is 0 Å². The zero-order valence-corrected chi connectivity index (χ0v) is 16.1. The molecule has 7 nitrogen and oxygen atoms in total. The summed E-state index contributed by atoms with van der Waals surface area (Å²) < 4.78 is 23.6. The Balaban J connectivity index is 1.59. The fraction of sp³-hybridized carbons (Fsp3) is 0.476. The molecule has 150 valence electrons. The lowest BCUT2D eigenvalue weighted by molar-refractivity contribution is -0.361. The van der Waals surface area contributed by atoms with Gasteiger partial charge < -0.3 is 29.4 Å². The van der Waals surface area contributed by atoms with Crippen molar-refractivity contribution in [3.8, 4) is 5.75 Å². The second-order valence-corrected chi connectivity index (χ2v) is 7.68. The van der Waals surface area contributed by atoms with Crippen LogP contribution >= 0.6 is 0 Å². The highest BCUT2D eigenvalue weighted by Crippen LogP contribution is 2.33. The molecule has 0 unspecified atom stereocenters. The minimum atomic E-state index is -1.00. The van der Waals surface area contributed by atoms with Gasteiger partial charge in [0, 0.05) is 6.92 Å². The van der Waals surface area contributed by atoms with Gasteiger partial charge in [-0.05, 0) is 36.8 Å². The summed E-state index contributed by atoms with van der Waals surface area (Å²) in [7, 11) is 0. The molecule has 4 rings (SSSR count). The number of ether oxygens (including phenoxy) is 4. The minimum Gasteiger partial charge on any atom is -0.463 e. The number of carbonyl (C=O) groups is 1. The largest absolute Gasteiger partial charge is 0.463 e. The highest BCUT2D eigenvalue weighted by atomic mass is 16.8. The zero-order valence-electron chi connectivity index (χ0n) is 16.1. The summed E-state index contributed by atoms with van der Waals surface area (Å²) in [5.74, 6) is -0.537. The van der Waals surface area contributed by atoms with E-state index < -0.39 is 36.4 Å². The average molecular weight is 387 g/mol. The van der Waals surface area contributed by atoms with E-state index in [9.17, 15) is 9.90 Å². The molecule has 7 heteroatoms. The second kappa shape index (κ2) is 7.33. The normalized spacial score (nSPS) is 31.8. The molecule has 2 aliphatic rings. The van der Waals surface area contributed by atoms with Gasteiger partial charge in [-0.15, -0.1) is 0 Å². The van der Waals surface area contributed by atoms with Crippen LogP contribution in [0.1, 0.15) is 20.8 Å². The van der Waals surface area contributed by atoms with Gasteiger partial charge in [0.25, 0.3) is 0 Å². The molecule has 2 saturated heterocycles.